The molecule has 0 fully saturated rings. The largest absolute Gasteiger partial charge is 0.378 e. The van der Waals surface area contributed by atoms with E-state index in [1.54, 1.807) is 0 Å². The number of halogens is 2. The summed E-state index contributed by atoms with van der Waals surface area (Å²) in [6.45, 7) is 0.446. The van der Waals surface area contributed by atoms with Gasteiger partial charge in [0.1, 0.15) is 0 Å². The third kappa shape index (κ3) is 2.13. The summed E-state index contributed by atoms with van der Waals surface area (Å²) in [5.74, 6) is -1.68. The second kappa shape index (κ2) is 4.96. The number of benzene rings is 2. The van der Waals surface area contributed by atoms with Crippen molar-refractivity contribution in [2.45, 2.75) is 6.54 Å². The van der Waals surface area contributed by atoms with Crippen LogP contribution in [0.1, 0.15) is 5.56 Å². The first kappa shape index (κ1) is 12.7. The lowest BCUT2D eigenvalue weighted by Gasteiger charge is -2.07. The van der Waals surface area contributed by atoms with Crippen molar-refractivity contribution in [1.82, 2.24) is 4.57 Å². The second-order valence-corrected chi connectivity index (χ2v) is 4.74. The van der Waals surface area contributed by atoms with Gasteiger partial charge in [-0.3, -0.25) is 0 Å². The predicted molar refractivity (Wildman–Crippen MR) is 76.6 cm³/mol. The average Bonchev–Trinajstić information content (AvgIpc) is 2.78. The summed E-state index contributed by atoms with van der Waals surface area (Å²) in [6.07, 6.45) is 1.99. The number of aryl methyl sites for hydroxylation is 1. The van der Waals surface area contributed by atoms with Gasteiger partial charge in [0.2, 0.25) is 0 Å². The van der Waals surface area contributed by atoms with E-state index >= 15 is 0 Å². The summed E-state index contributed by atoms with van der Waals surface area (Å²) >= 11 is 0. The SMILES string of the molecule is Cn1cc(CNc2cccc(F)c2F)c2ccccc21. The zero-order valence-electron chi connectivity index (χ0n) is 11.0. The first-order chi connectivity index (χ1) is 9.66. The number of anilines is 1. The Morgan fingerprint density at radius 1 is 1.05 bits per heavy atom. The Morgan fingerprint density at radius 2 is 1.85 bits per heavy atom. The van der Waals surface area contributed by atoms with Crippen LogP contribution in [0.25, 0.3) is 10.9 Å². The molecule has 2 aromatic carbocycles. The Labute approximate surface area is 115 Å². The van der Waals surface area contributed by atoms with Crippen molar-refractivity contribution in [3.8, 4) is 0 Å². The zero-order chi connectivity index (χ0) is 14.1. The lowest BCUT2D eigenvalue weighted by molar-refractivity contribution is 0.511. The van der Waals surface area contributed by atoms with Gasteiger partial charge in [-0.25, -0.2) is 8.78 Å². The third-order valence-corrected chi connectivity index (χ3v) is 3.40. The molecule has 102 valence electrons. The van der Waals surface area contributed by atoms with Crippen LogP contribution in [0.2, 0.25) is 0 Å². The van der Waals surface area contributed by atoms with Gasteiger partial charge in [0.25, 0.3) is 0 Å². The fourth-order valence-corrected chi connectivity index (χ4v) is 2.40. The number of hydrogen-bond acceptors (Lipinski definition) is 1. The molecule has 1 aromatic heterocycles. The van der Waals surface area contributed by atoms with Crippen LogP contribution >= 0.6 is 0 Å². The minimum absolute atomic E-state index is 0.179. The molecule has 0 bridgehead atoms. The number of hydrogen-bond donors (Lipinski definition) is 1. The molecule has 0 unspecified atom stereocenters. The van der Waals surface area contributed by atoms with Crippen LogP contribution in [0.3, 0.4) is 0 Å². The quantitative estimate of drug-likeness (QED) is 0.760. The highest BCUT2D eigenvalue weighted by molar-refractivity contribution is 5.84. The lowest BCUT2D eigenvalue weighted by Crippen LogP contribution is -2.02. The molecule has 2 nitrogen and oxygen atoms in total. The highest BCUT2D eigenvalue weighted by atomic mass is 19.2. The zero-order valence-corrected chi connectivity index (χ0v) is 11.0. The molecular formula is C16H14F2N2. The van der Waals surface area contributed by atoms with Crippen molar-refractivity contribution in [3.63, 3.8) is 0 Å². The van der Waals surface area contributed by atoms with Crippen molar-refractivity contribution < 1.29 is 8.78 Å². The van der Waals surface area contributed by atoms with Crippen LogP contribution in [0.5, 0.6) is 0 Å². The van der Waals surface area contributed by atoms with Crippen molar-refractivity contribution >= 4 is 16.6 Å². The van der Waals surface area contributed by atoms with Crippen LogP contribution in [-0.4, -0.2) is 4.57 Å². The molecule has 0 saturated carbocycles. The fourth-order valence-electron chi connectivity index (χ4n) is 2.40. The first-order valence-electron chi connectivity index (χ1n) is 6.37. The molecule has 3 aromatic rings. The minimum Gasteiger partial charge on any atom is -0.378 e. The van der Waals surface area contributed by atoms with Crippen LogP contribution in [0.15, 0.2) is 48.7 Å². The number of fused-ring (bicyclic) bond motifs is 1. The van der Waals surface area contributed by atoms with Gasteiger partial charge in [0.15, 0.2) is 11.6 Å². The number of rotatable bonds is 3. The Bertz CT molecular complexity index is 762. The Hall–Kier alpha value is -2.36. The molecule has 0 radical (unpaired) electrons. The fraction of sp³-hybridized carbons (Fsp3) is 0.125. The maximum atomic E-state index is 13.6. The van der Waals surface area contributed by atoms with E-state index in [-0.39, 0.29) is 5.69 Å². The number of aromatic nitrogens is 1. The van der Waals surface area contributed by atoms with Crippen LogP contribution < -0.4 is 5.32 Å². The highest BCUT2D eigenvalue weighted by Gasteiger charge is 2.09. The topological polar surface area (TPSA) is 17.0 Å². The summed E-state index contributed by atoms with van der Waals surface area (Å²) in [6, 6.07) is 12.1. The van der Waals surface area contributed by atoms with Crippen LogP contribution in [-0.2, 0) is 13.6 Å². The maximum Gasteiger partial charge on any atom is 0.181 e. The number of nitrogens with zero attached hydrogens (tertiary/aromatic N) is 1. The normalized spacial score (nSPS) is 10.9. The third-order valence-electron chi connectivity index (χ3n) is 3.40. The predicted octanol–water partition coefficient (Wildman–Crippen LogP) is 4.07. The van der Waals surface area contributed by atoms with E-state index in [0.29, 0.717) is 6.54 Å². The Kier molecular flexibility index (Phi) is 3.14. The van der Waals surface area contributed by atoms with Crippen molar-refractivity contribution in [2.75, 3.05) is 5.32 Å². The smallest absolute Gasteiger partial charge is 0.181 e. The molecule has 1 N–H and O–H groups in total. The van der Waals surface area contributed by atoms with Gasteiger partial charge in [0, 0.05) is 30.7 Å². The molecule has 0 aliphatic carbocycles. The Morgan fingerprint density at radius 3 is 2.70 bits per heavy atom. The average molecular weight is 272 g/mol. The van der Waals surface area contributed by atoms with Gasteiger partial charge in [0.05, 0.1) is 5.69 Å². The van der Waals surface area contributed by atoms with E-state index in [9.17, 15) is 8.78 Å². The van der Waals surface area contributed by atoms with E-state index in [1.807, 2.05) is 42.1 Å². The van der Waals surface area contributed by atoms with Crippen molar-refractivity contribution in [1.29, 1.82) is 0 Å². The van der Waals surface area contributed by atoms with Crippen molar-refractivity contribution in [2.24, 2.45) is 7.05 Å². The monoisotopic (exact) mass is 272 g/mol. The molecule has 20 heavy (non-hydrogen) atoms. The molecule has 1 heterocycles. The Balaban J connectivity index is 1.89. The molecule has 0 aliphatic heterocycles. The molecule has 0 atom stereocenters. The van der Waals surface area contributed by atoms with Gasteiger partial charge in [-0.1, -0.05) is 24.3 Å². The highest BCUT2D eigenvalue weighted by Crippen LogP contribution is 2.22. The number of para-hydroxylation sites is 1. The molecule has 0 spiro atoms. The summed E-state index contributed by atoms with van der Waals surface area (Å²) in [5.41, 5.74) is 2.34. The summed E-state index contributed by atoms with van der Waals surface area (Å²) < 4.78 is 28.7. The van der Waals surface area contributed by atoms with Gasteiger partial charge in [-0.2, -0.15) is 0 Å². The van der Waals surface area contributed by atoms with Crippen LogP contribution in [0.4, 0.5) is 14.5 Å². The maximum absolute atomic E-state index is 13.6. The van der Waals surface area contributed by atoms with E-state index in [0.717, 1.165) is 22.5 Å². The summed E-state index contributed by atoms with van der Waals surface area (Å²) in [4.78, 5) is 0. The molecule has 0 saturated heterocycles. The van der Waals surface area contributed by atoms with Gasteiger partial charge >= 0.3 is 0 Å². The van der Waals surface area contributed by atoms with Crippen LogP contribution in [0, 0.1) is 11.6 Å². The van der Waals surface area contributed by atoms with Gasteiger partial charge < -0.3 is 9.88 Å². The van der Waals surface area contributed by atoms with E-state index in [4.69, 9.17) is 0 Å². The summed E-state index contributed by atoms with van der Waals surface area (Å²) in [7, 11) is 1.97. The summed E-state index contributed by atoms with van der Waals surface area (Å²) in [5, 5.41) is 4.06. The molecule has 3 rings (SSSR count). The minimum atomic E-state index is -0.840. The van der Waals surface area contributed by atoms with Gasteiger partial charge in [-0.15, -0.1) is 0 Å². The van der Waals surface area contributed by atoms with E-state index < -0.39 is 11.6 Å². The molecular weight excluding hydrogens is 258 g/mol. The molecule has 4 heteroatoms. The van der Waals surface area contributed by atoms with E-state index in [2.05, 4.69) is 5.32 Å². The van der Waals surface area contributed by atoms with E-state index in [1.165, 1.54) is 12.1 Å². The van der Waals surface area contributed by atoms with Crippen molar-refractivity contribution in [3.05, 3.63) is 65.9 Å². The lowest BCUT2D eigenvalue weighted by atomic mass is 10.1. The second-order valence-electron chi connectivity index (χ2n) is 4.74. The molecule has 0 amide bonds. The van der Waals surface area contributed by atoms with Gasteiger partial charge in [-0.05, 0) is 23.8 Å². The first-order valence-corrected chi connectivity index (χ1v) is 6.37. The number of nitrogens with one attached hydrogen (secondary N) is 1. The molecule has 0 aliphatic rings. The standard InChI is InChI=1S/C16H14F2N2/c1-20-10-11(12-5-2-3-8-15(12)20)9-19-14-7-4-6-13(17)16(14)18/h2-8,10,19H,9H2,1H3.